The molecule has 5 atom stereocenters. The second-order valence-electron chi connectivity index (χ2n) is 6.93. The summed E-state index contributed by atoms with van der Waals surface area (Å²) in [5.74, 6) is -3.12. The summed E-state index contributed by atoms with van der Waals surface area (Å²) in [5.41, 5.74) is -4.24. The Balaban J connectivity index is 2.00. The molecule has 0 radical (unpaired) electrons. The summed E-state index contributed by atoms with van der Waals surface area (Å²) < 4.78 is 103. The van der Waals surface area contributed by atoms with Gasteiger partial charge in [0.15, 0.2) is 17.3 Å². The Morgan fingerprint density at radius 2 is 1.58 bits per heavy atom. The van der Waals surface area contributed by atoms with Crippen LogP contribution in [0.25, 0.3) is 11.3 Å². The molecule has 3 rings (SSSR count). The molecule has 2 heterocycles. The van der Waals surface area contributed by atoms with Crippen LogP contribution in [-0.4, -0.2) is 67.7 Å². The molecular formula is C18H15F7N2O6. The lowest BCUT2D eigenvalue weighted by atomic mass is 9.99. The molecule has 0 aliphatic carbocycles. The van der Waals surface area contributed by atoms with Crippen LogP contribution in [0.4, 0.5) is 30.7 Å². The standard InChI is InChI=1S/C18H15F7N2O6/c19-8-2-6(9-3-27-11(4-26-9)18(23,24)25)1-7(17(20,21)22)15(8)33-16-14(31)13(30)12(29)10(5-28)32-16/h1-4,10,12-14,16,28-31H,5H2/t10-,12-,13?,14?,16-/m1/s1. The van der Waals surface area contributed by atoms with Crippen molar-refractivity contribution in [3.63, 3.8) is 0 Å². The van der Waals surface area contributed by atoms with Gasteiger partial charge in [-0.15, -0.1) is 0 Å². The minimum Gasteiger partial charge on any atom is -0.458 e. The van der Waals surface area contributed by atoms with Crippen LogP contribution in [-0.2, 0) is 17.1 Å². The first-order chi connectivity index (χ1) is 15.2. The number of benzene rings is 1. The Kier molecular flexibility index (Phi) is 6.82. The third kappa shape index (κ3) is 5.16. The van der Waals surface area contributed by atoms with Crippen LogP contribution in [0.2, 0.25) is 0 Å². The highest BCUT2D eigenvalue weighted by Crippen LogP contribution is 2.41. The minimum absolute atomic E-state index is 0.263. The third-order valence-corrected chi connectivity index (χ3v) is 4.67. The molecule has 1 aromatic carbocycles. The van der Waals surface area contributed by atoms with Gasteiger partial charge in [0.1, 0.15) is 30.0 Å². The van der Waals surface area contributed by atoms with Crippen LogP contribution in [0.1, 0.15) is 11.3 Å². The summed E-state index contributed by atoms with van der Waals surface area (Å²) in [4.78, 5) is 6.42. The van der Waals surface area contributed by atoms with Crippen molar-refractivity contribution in [1.29, 1.82) is 0 Å². The summed E-state index contributed by atoms with van der Waals surface area (Å²) in [6, 6.07) is 0.811. The van der Waals surface area contributed by atoms with Crippen LogP contribution in [0, 0.1) is 5.82 Å². The number of aromatic nitrogens is 2. The molecule has 1 fully saturated rings. The zero-order chi connectivity index (χ0) is 24.7. The maximum absolute atomic E-state index is 14.7. The van der Waals surface area contributed by atoms with Crippen molar-refractivity contribution in [1.82, 2.24) is 9.97 Å². The quantitative estimate of drug-likeness (QED) is 0.478. The average Bonchev–Trinajstić information content (AvgIpc) is 2.73. The molecular weight excluding hydrogens is 473 g/mol. The van der Waals surface area contributed by atoms with Crippen LogP contribution < -0.4 is 4.74 Å². The smallest absolute Gasteiger partial charge is 0.434 e. The second-order valence-corrected chi connectivity index (χ2v) is 6.93. The van der Waals surface area contributed by atoms with Gasteiger partial charge in [0.25, 0.3) is 0 Å². The number of rotatable bonds is 4. The van der Waals surface area contributed by atoms with E-state index in [0.717, 1.165) is 0 Å². The van der Waals surface area contributed by atoms with Crippen LogP contribution in [0.3, 0.4) is 0 Å². The second kappa shape index (κ2) is 8.98. The largest absolute Gasteiger partial charge is 0.458 e. The zero-order valence-electron chi connectivity index (χ0n) is 16.0. The molecule has 0 amide bonds. The van der Waals surface area contributed by atoms with Crippen molar-refractivity contribution in [3.05, 3.63) is 41.6 Å². The minimum atomic E-state index is -5.25. The lowest BCUT2D eigenvalue weighted by Gasteiger charge is -2.39. The Labute approximate surface area is 179 Å². The van der Waals surface area contributed by atoms with Crippen LogP contribution in [0.5, 0.6) is 5.75 Å². The summed E-state index contributed by atoms with van der Waals surface area (Å²) in [6.45, 7) is -0.912. The molecule has 0 spiro atoms. The molecule has 1 aliphatic heterocycles. The van der Waals surface area contributed by atoms with E-state index in [1.807, 2.05) is 0 Å². The van der Waals surface area contributed by atoms with Crippen LogP contribution in [0.15, 0.2) is 24.5 Å². The van der Waals surface area contributed by atoms with E-state index >= 15 is 0 Å². The van der Waals surface area contributed by atoms with E-state index in [-0.39, 0.29) is 6.20 Å². The van der Waals surface area contributed by atoms with Gasteiger partial charge in [0, 0.05) is 5.56 Å². The van der Waals surface area contributed by atoms with Gasteiger partial charge in [-0.2, -0.15) is 26.3 Å². The highest BCUT2D eigenvalue weighted by Gasteiger charge is 2.46. The Morgan fingerprint density at radius 3 is 2.09 bits per heavy atom. The highest BCUT2D eigenvalue weighted by atomic mass is 19.4. The van der Waals surface area contributed by atoms with Gasteiger partial charge in [0.2, 0.25) is 6.29 Å². The van der Waals surface area contributed by atoms with Crippen molar-refractivity contribution in [3.8, 4) is 17.0 Å². The van der Waals surface area contributed by atoms with Gasteiger partial charge >= 0.3 is 12.4 Å². The monoisotopic (exact) mass is 488 g/mol. The zero-order valence-corrected chi connectivity index (χ0v) is 16.0. The molecule has 1 aliphatic rings. The van der Waals surface area contributed by atoms with E-state index in [1.165, 1.54) is 0 Å². The molecule has 33 heavy (non-hydrogen) atoms. The molecule has 2 unspecified atom stereocenters. The van der Waals surface area contributed by atoms with E-state index in [9.17, 15) is 46.1 Å². The topological polar surface area (TPSA) is 125 Å². The molecule has 15 heteroatoms. The van der Waals surface area contributed by atoms with Crippen molar-refractivity contribution in [2.24, 2.45) is 0 Å². The van der Waals surface area contributed by atoms with Gasteiger partial charge in [-0.25, -0.2) is 9.37 Å². The number of aliphatic hydroxyl groups is 4. The maximum atomic E-state index is 14.7. The van der Waals surface area contributed by atoms with Gasteiger partial charge in [-0.3, -0.25) is 4.98 Å². The van der Waals surface area contributed by atoms with E-state index in [4.69, 9.17) is 14.6 Å². The van der Waals surface area contributed by atoms with Gasteiger partial charge in [-0.1, -0.05) is 0 Å². The predicted octanol–water partition coefficient (Wildman–Crippen LogP) is 1.50. The van der Waals surface area contributed by atoms with Crippen LogP contribution >= 0.6 is 0 Å². The van der Waals surface area contributed by atoms with Crippen molar-refractivity contribution in [2.75, 3.05) is 6.61 Å². The fourth-order valence-electron chi connectivity index (χ4n) is 2.98. The van der Waals surface area contributed by atoms with Crippen molar-refractivity contribution in [2.45, 2.75) is 43.1 Å². The molecule has 2 aromatic rings. The number of halogens is 7. The van der Waals surface area contributed by atoms with E-state index in [2.05, 4.69) is 9.97 Å². The normalized spacial score (nSPS) is 26.3. The summed E-state index contributed by atoms with van der Waals surface area (Å²) in [5, 5.41) is 38.5. The van der Waals surface area contributed by atoms with Gasteiger partial charge in [-0.05, 0) is 12.1 Å². The Bertz CT molecular complexity index is 984. The molecule has 0 bridgehead atoms. The first kappa shape index (κ1) is 25.0. The van der Waals surface area contributed by atoms with Crippen molar-refractivity contribution < 1.29 is 60.6 Å². The molecule has 4 N–H and O–H groups in total. The lowest BCUT2D eigenvalue weighted by molar-refractivity contribution is -0.278. The van der Waals surface area contributed by atoms with Gasteiger partial charge in [0.05, 0.1) is 24.7 Å². The first-order valence-electron chi connectivity index (χ1n) is 9.01. The number of ether oxygens (including phenoxy) is 2. The third-order valence-electron chi connectivity index (χ3n) is 4.67. The predicted molar refractivity (Wildman–Crippen MR) is 91.8 cm³/mol. The number of alkyl halides is 6. The Hall–Kier alpha value is -2.59. The first-order valence-corrected chi connectivity index (χ1v) is 9.01. The molecule has 182 valence electrons. The molecule has 8 nitrogen and oxygen atoms in total. The molecule has 1 aromatic heterocycles. The fraction of sp³-hybridized carbons (Fsp3) is 0.444. The van der Waals surface area contributed by atoms with E-state index in [1.54, 1.807) is 0 Å². The number of aliphatic hydroxyl groups excluding tert-OH is 4. The van der Waals surface area contributed by atoms with E-state index in [0.29, 0.717) is 18.3 Å². The lowest BCUT2D eigenvalue weighted by Crippen LogP contribution is -2.60. The van der Waals surface area contributed by atoms with Gasteiger partial charge < -0.3 is 29.9 Å². The summed E-state index contributed by atoms with van der Waals surface area (Å²) in [6.07, 6.45) is -18.9. The molecule has 0 saturated carbocycles. The summed E-state index contributed by atoms with van der Waals surface area (Å²) in [7, 11) is 0. The van der Waals surface area contributed by atoms with Crippen molar-refractivity contribution >= 4 is 0 Å². The molecule has 1 saturated heterocycles. The SMILES string of the molecule is OC[C@H]1O[C@H](Oc2c(F)cc(-c3cnc(C(F)(F)F)cn3)cc2C(F)(F)F)C(O)C(O)[C@@H]1O. The number of nitrogens with zero attached hydrogens (tertiary/aromatic N) is 2. The maximum Gasteiger partial charge on any atom is 0.434 e. The highest BCUT2D eigenvalue weighted by molar-refractivity contribution is 5.62. The fourth-order valence-corrected chi connectivity index (χ4v) is 2.98. The average molecular weight is 488 g/mol. The number of hydrogen-bond donors (Lipinski definition) is 4. The van der Waals surface area contributed by atoms with E-state index < -0.39 is 83.7 Å². The number of hydrogen-bond acceptors (Lipinski definition) is 8. The Morgan fingerprint density at radius 1 is 0.909 bits per heavy atom. The summed E-state index contributed by atoms with van der Waals surface area (Å²) >= 11 is 0.